The van der Waals surface area contributed by atoms with Gasteiger partial charge in [-0.25, -0.2) is 0 Å². The van der Waals surface area contributed by atoms with Crippen molar-refractivity contribution in [1.82, 2.24) is 0 Å². The zero-order valence-corrected chi connectivity index (χ0v) is 6.13. The molecule has 2 nitrogen and oxygen atoms in total. The summed E-state index contributed by atoms with van der Waals surface area (Å²) in [6.07, 6.45) is 1.94. The molecule has 2 N–H and O–H groups in total. The van der Waals surface area contributed by atoms with E-state index in [-0.39, 0.29) is 0 Å². The van der Waals surface area contributed by atoms with Crippen LogP contribution in [0.5, 0.6) is 0 Å². The van der Waals surface area contributed by atoms with Crippen LogP contribution in [-0.2, 0) is 4.74 Å². The summed E-state index contributed by atoms with van der Waals surface area (Å²) < 4.78 is 5.48. The zero-order chi connectivity index (χ0) is 6.85. The molecule has 1 fully saturated rings. The second-order valence-electron chi connectivity index (χ2n) is 2.88. The van der Waals surface area contributed by atoms with Gasteiger partial charge in [-0.2, -0.15) is 0 Å². The fourth-order valence-corrected chi connectivity index (χ4v) is 1.44. The lowest BCUT2D eigenvalue weighted by atomic mass is 10.0. The minimum atomic E-state index is 0.380. The van der Waals surface area contributed by atoms with Gasteiger partial charge in [0.1, 0.15) is 0 Å². The summed E-state index contributed by atoms with van der Waals surface area (Å²) >= 11 is 0. The predicted molar refractivity (Wildman–Crippen MR) is 37.2 cm³/mol. The van der Waals surface area contributed by atoms with Crippen LogP contribution in [0.2, 0.25) is 0 Å². The van der Waals surface area contributed by atoms with Gasteiger partial charge in [0.25, 0.3) is 0 Å². The van der Waals surface area contributed by atoms with Crippen molar-refractivity contribution in [2.75, 3.05) is 6.54 Å². The third kappa shape index (κ3) is 1.43. The van der Waals surface area contributed by atoms with Gasteiger partial charge in [0.05, 0.1) is 12.2 Å². The maximum atomic E-state index is 5.51. The van der Waals surface area contributed by atoms with E-state index < -0.39 is 0 Å². The van der Waals surface area contributed by atoms with E-state index in [9.17, 15) is 0 Å². The Morgan fingerprint density at radius 2 is 2.22 bits per heavy atom. The molecule has 0 radical (unpaired) electrons. The van der Waals surface area contributed by atoms with Crippen molar-refractivity contribution in [3.8, 4) is 0 Å². The SMILES string of the molecule is C[C@@H]1O[C@@H](C)C[C@@H]1CN. The molecule has 0 saturated carbocycles. The van der Waals surface area contributed by atoms with Crippen LogP contribution in [0, 0.1) is 5.92 Å². The van der Waals surface area contributed by atoms with Crippen LogP contribution in [0.25, 0.3) is 0 Å². The molecule has 0 aromatic rings. The Morgan fingerprint density at radius 1 is 1.56 bits per heavy atom. The third-order valence-electron chi connectivity index (χ3n) is 2.05. The predicted octanol–water partition coefficient (Wildman–Crippen LogP) is 0.759. The monoisotopic (exact) mass is 129 g/mol. The maximum Gasteiger partial charge on any atom is 0.0591 e. The summed E-state index contributed by atoms with van der Waals surface area (Å²) in [6, 6.07) is 0. The lowest BCUT2D eigenvalue weighted by Gasteiger charge is -2.09. The number of hydrogen-bond donors (Lipinski definition) is 1. The molecule has 1 saturated heterocycles. The summed E-state index contributed by atoms with van der Waals surface area (Å²) in [5.74, 6) is 0.597. The van der Waals surface area contributed by atoms with Crippen molar-refractivity contribution in [1.29, 1.82) is 0 Å². The Bertz CT molecular complexity index is 94.9. The van der Waals surface area contributed by atoms with E-state index in [0.29, 0.717) is 18.1 Å². The number of hydrogen-bond acceptors (Lipinski definition) is 2. The normalized spacial score (nSPS) is 43.7. The van der Waals surface area contributed by atoms with Gasteiger partial charge < -0.3 is 10.5 Å². The van der Waals surface area contributed by atoms with E-state index in [1.165, 1.54) is 0 Å². The molecular formula is C7H15NO. The molecule has 1 aliphatic rings. The highest BCUT2D eigenvalue weighted by atomic mass is 16.5. The highest BCUT2D eigenvalue weighted by Crippen LogP contribution is 2.24. The molecule has 0 aromatic heterocycles. The molecule has 1 aliphatic heterocycles. The minimum absolute atomic E-state index is 0.380. The molecular weight excluding hydrogens is 114 g/mol. The summed E-state index contributed by atoms with van der Waals surface area (Å²) in [6.45, 7) is 4.97. The Labute approximate surface area is 56.4 Å². The summed E-state index contributed by atoms with van der Waals surface area (Å²) in [5, 5.41) is 0. The zero-order valence-electron chi connectivity index (χ0n) is 6.13. The van der Waals surface area contributed by atoms with Crippen LogP contribution in [0.3, 0.4) is 0 Å². The first-order valence-electron chi connectivity index (χ1n) is 3.59. The first-order valence-corrected chi connectivity index (χ1v) is 3.59. The van der Waals surface area contributed by atoms with Crippen molar-refractivity contribution in [2.45, 2.75) is 32.5 Å². The first-order chi connectivity index (χ1) is 4.24. The average Bonchev–Trinajstić information content (AvgIpc) is 2.10. The van der Waals surface area contributed by atoms with Crippen molar-refractivity contribution >= 4 is 0 Å². The van der Waals surface area contributed by atoms with E-state index in [0.717, 1.165) is 13.0 Å². The Morgan fingerprint density at radius 3 is 2.44 bits per heavy atom. The van der Waals surface area contributed by atoms with E-state index in [4.69, 9.17) is 10.5 Å². The molecule has 0 aliphatic carbocycles. The number of rotatable bonds is 1. The van der Waals surface area contributed by atoms with Crippen molar-refractivity contribution < 1.29 is 4.74 Å². The van der Waals surface area contributed by atoms with Crippen LogP contribution < -0.4 is 5.73 Å². The molecule has 0 spiro atoms. The average molecular weight is 129 g/mol. The molecule has 3 atom stereocenters. The van der Waals surface area contributed by atoms with Crippen molar-refractivity contribution in [3.05, 3.63) is 0 Å². The molecule has 0 amide bonds. The summed E-state index contributed by atoms with van der Waals surface area (Å²) in [5.41, 5.74) is 5.51. The van der Waals surface area contributed by atoms with Gasteiger partial charge >= 0.3 is 0 Å². The largest absolute Gasteiger partial charge is 0.375 e. The van der Waals surface area contributed by atoms with Gasteiger partial charge in [0, 0.05) is 0 Å². The standard InChI is InChI=1S/C7H15NO/c1-5-3-7(4-8)6(2)9-5/h5-7H,3-4,8H2,1-2H3/t5-,6-,7+/m0/s1. The van der Waals surface area contributed by atoms with Crippen LogP contribution in [0.4, 0.5) is 0 Å². The quantitative estimate of drug-likeness (QED) is 0.567. The van der Waals surface area contributed by atoms with Crippen LogP contribution >= 0.6 is 0 Å². The Hall–Kier alpha value is -0.0800. The Kier molecular flexibility index (Phi) is 2.09. The molecule has 2 heteroatoms. The van der Waals surface area contributed by atoms with Crippen LogP contribution in [0.1, 0.15) is 20.3 Å². The molecule has 1 rings (SSSR count). The van der Waals surface area contributed by atoms with Gasteiger partial charge in [-0.05, 0) is 32.7 Å². The van der Waals surface area contributed by atoms with E-state index in [2.05, 4.69) is 13.8 Å². The number of nitrogens with two attached hydrogens (primary N) is 1. The lowest BCUT2D eigenvalue weighted by molar-refractivity contribution is 0.0570. The second kappa shape index (κ2) is 2.67. The van der Waals surface area contributed by atoms with Crippen molar-refractivity contribution in [3.63, 3.8) is 0 Å². The number of ether oxygens (including phenoxy) is 1. The molecule has 0 aromatic carbocycles. The highest BCUT2D eigenvalue weighted by molar-refractivity contribution is 4.77. The molecule has 0 bridgehead atoms. The highest BCUT2D eigenvalue weighted by Gasteiger charge is 2.27. The molecule has 54 valence electrons. The minimum Gasteiger partial charge on any atom is -0.375 e. The van der Waals surface area contributed by atoms with E-state index >= 15 is 0 Å². The Balaban J connectivity index is 2.38. The molecule has 0 unspecified atom stereocenters. The van der Waals surface area contributed by atoms with Gasteiger partial charge in [-0.1, -0.05) is 0 Å². The second-order valence-corrected chi connectivity index (χ2v) is 2.88. The van der Waals surface area contributed by atoms with Gasteiger partial charge in [0.2, 0.25) is 0 Å². The lowest BCUT2D eigenvalue weighted by Crippen LogP contribution is -2.20. The fourth-order valence-electron chi connectivity index (χ4n) is 1.44. The van der Waals surface area contributed by atoms with Gasteiger partial charge in [0.15, 0.2) is 0 Å². The molecule has 1 heterocycles. The van der Waals surface area contributed by atoms with E-state index in [1.807, 2.05) is 0 Å². The maximum absolute atomic E-state index is 5.51. The first kappa shape index (κ1) is 7.03. The smallest absolute Gasteiger partial charge is 0.0591 e. The van der Waals surface area contributed by atoms with Crippen LogP contribution in [-0.4, -0.2) is 18.8 Å². The fraction of sp³-hybridized carbons (Fsp3) is 1.00. The molecule has 9 heavy (non-hydrogen) atoms. The summed E-state index contributed by atoms with van der Waals surface area (Å²) in [4.78, 5) is 0. The third-order valence-corrected chi connectivity index (χ3v) is 2.05. The van der Waals surface area contributed by atoms with Gasteiger partial charge in [-0.3, -0.25) is 0 Å². The van der Waals surface area contributed by atoms with Crippen molar-refractivity contribution in [2.24, 2.45) is 11.7 Å². The van der Waals surface area contributed by atoms with Crippen LogP contribution in [0.15, 0.2) is 0 Å². The summed E-state index contributed by atoms with van der Waals surface area (Å²) in [7, 11) is 0. The van der Waals surface area contributed by atoms with Gasteiger partial charge in [-0.15, -0.1) is 0 Å². The van der Waals surface area contributed by atoms with E-state index in [1.54, 1.807) is 0 Å². The topological polar surface area (TPSA) is 35.2 Å².